The molecule has 0 aromatic heterocycles. The summed E-state index contributed by atoms with van der Waals surface area (Å²) >= 11 is 0. The number of halogens is 3. The first-order chi connectivity index (χ1) is 10.6. The predicted molar refractivity (Wildman–Crippen MR) is 79.9 cm³/mol. The van der Waals surface area contributed by atoms with Gasteiger partial charge in [0.25, 0.3) is 0 Å². The van der Waals surface area contributed by atoms with Crippen molar-refractivity contribution < 1.29 is 35.6 Å². The molecule has 0 N–H and O–H groups in total. The average molecular weight is 374 g/mol. The minimum absolute atomic E-state index is 0.407. The Balaban J connectivity index is 0.000000284. The summed E-state index contributed by atoms with van der Waals surface area (Å²) in [5.74, 6) is 4.50. The highest BCUT2D eigenvalue weighted by Crippen LogP contribution is 2.33. The summed E-state index contributed by atoms with van der Waals surface area (Å²) in [6, 6.07) is 6.18. The van der Waals surface area contributed by atoms with Gasteiger partial charge in [-0.15, -0.1) is 0 Å². The number of hydrogen-bond donors (Lipinski definition) is 0. The second-order valence-electron chi connectivity index (χ2n) is 4.52. The van der Waals surface area contributed by atoms with Crippen molar-refractivity contribution in [3.05, 3.63) is 18.2 Å². The van der Waals surface area contributed by atoms with Crippen molar-refractivity contribution in [3.8, 4) is 11.5 Å². The molecule has 10 heteroatoms. The van der Waals surface area contributed by atoms with Crippen LogP contribution in [0.15, 0.2) is 23.1 Å². The molecule has 1 fully saturated rings. The zero-order valence-corrected chi connectivity index (χ0v) is 14.2. The third kappa shape index (κ3) is 5.78. The molecule has 1 aromatic rings. The molecule has 0 aliphatic carbocycles. The maximum atomic E-state index is 10.7. The van der Waals surface area contributed by atoms with Gasteiger partial charge in [0.05, 0.1) is 14.2 Å². The molecule has 0 saturated carbocycles. The quantitative estimate of drug-likeness (QED) is 0.462. The smallest absolute Gasteiger partial charge is 0.485 e. The number of hydrogen-bond acceptors (Lipinski definition) is 5. The second kappa shape index (κ2) is 8.11. The Morgan fingerprint density at radius 3 is 2.04 bits per heavy atom. The van der Waals surface area contributed by atoms with Gasteiger partial charge in [-0.1, -0.05) is 0 Å². The molecule has 0 amide bonds. The third-order valence-corrected chi connectivity index (χ3v) is 6.09. The second-order valence-corrected chi connectivity index (χ2v) is 8.14. The first-order valence-corrected chi connectivity index (χ1v) is 9.49. The van der Waals surface area contributed by atoms with E-state index in [-0.39, 0.29) is 0 Å². The molecular formula is C13H17F3O5S2. The largest absolute Gasteiger partial charge is 0.741 e. The van der Waals surface area contributed by atoms with E-state index in [4.69, 9.17) is 22.4 Å². The lowest BCUT2D eigenvalue weighted by Gasteiger charge is -2.08. The number of methoxy groups -OCH3 is 2. The molecule has 132 valence electrons. The van der Waals surface area contributed by atoms with Crippen LogP contribution in [0.2, 0.25) is 0 Å². The normalized spacial score (nSPS) is 15.7. The molecule has 1 aliphatic rings. The van der Waals surface area contributed by atoms with Gasteiger partial charge in [-0.25, -0.2) is 8.42 Å². The Hall–Kier alpha value is -1.13. The van der Waals surface area contributed by atoms with E-state index in [2.05, 4.69) is 6.07 Å². The summed E-state index contributed by atoms with van der Waals surface area (Å²) in [6.45, 7) is 0. The van der Waals surface area contributed by atoms with Crippen LogP contribution in [0.25, 0.3) is 0 Å². The van der Waals surface area contributed by atoms with Crippen LogP contribution in [0.3, 0.4) is 0 Å². The molecule has 1 saturated heterocycles. The van der Waals surface area contributed by atoms with Gasteiger partial charge in [-0.2, -0.15) is 13.2 Å². The standard InChI is InChI=1S/C12H17O2S.CHF3O3S/c1-13-10-5-6-12(11(9-10)14-2)15-7-3-4-8-15;2-1(3,4)8(5,6)7/h5-6,9H,3-4,7-8H2,1-2H3;(H,5,6,7)/q+1;/p-1. The molecular weight excluding hydrogens is 357 g/mol. The van der Waals surface area contributed by atoms with Gasteiger partial charge in [0, 0.05) is 23.0 Å². The summed E-state index contributed by atoms with van der Waals surface area (Å²) in [7, 11) is -2.26. The minimum atomic E-state index is -6.09. The van der Waals surface area contributed by atoms with E-state index in [0.717, 1.165) is 11.5 Å². The zero-order valence-electron chi connectivity index (χ0n) is 12.6. The number of benzene rings is 1. The average Bonchev–Trinajstić information content (AvgIpc) is 2.99. The van der Waals surface area contributed by atoms with Gasteiger partial charge in [-0.3, -0.25) is 0 Å². The third-order valence-electron chi connectivity index (χ3n) is 3.00. The Morgan fingerprint density at radius 1 is 1.13 bits per heavy atom. The molecule has 1 aliphatic heterocycles. The summed E-state index contributed by atoms with van der Waals surface area (Å²) in [6.07, 6.45) is 2.72. The Kier molecular flexibility index (Phi) is 7.02. The first-order valence-electron chi connectivity index (χ1n) is 6.52. The van der Waals surface area contributed by atoms with Crippen LogP contribution in [0.1, 0.15) is 12.8 Å². The van der Waals surface area contributed by atoms with Gasteiger partial charge in [-0.05, 0) is 18.9 Å². The molecule has 0 bridgehead atoms. The van der Waals surface area contributed by atoms with Crippen LogP contribution >= 0.6 is 0 Å². The van der Waals surface area contributed by atoms with Crippen LogP contribution in [-0.2, 0) is 21.0 Å². The maximum Gasteiger partial charge on any atom is 0.485 e. The van der Waals surface area contributed by atoms with Gasteiger partial charge in [0.15, 0.2) is 20.8 Å². The van der Waals surface area contributed by atoms with E-state index >= 15 is 0 Å². The van der Waals surface area contributed by atoms with E-state index in [0.29, 0.717) is 10.9 Å². The highest BCUT2D eigenvalue weighted by molar-refractivity contribution is 7.97. The van der Waals surface area contributed by atoms with Crippen LogP contribution in [-0.4, -0.2) is 44.2 Å². The summed E-state index contributed by atoms with van der Waals surface area (Å²) < 4.78 is 69.5. The molecule has 0 spiro atoms. The molecule has 23 heavy (non-hydrogen) atoms. The molecule has 1 aromatic carbocycles. The fourth-order valence-electron chi connectivity index (χ4n) is 1.89. The predicted octanol–water partition coefficient (Wildman–Crippen LogP) is 2.53. The monoisotopic (exact) mass is 374 g/mol. The van der Waals surface area contributed by atoms with Gasteiger partial charge in [0.1, 0.15) is 17.3 Å². The highest BCUT2D eigenvalue weighted by Gasteiger charge is 2.37. The summed E-state index contributed by atoms with van der Waals surface area (Å²) in [5.41, 5.74) is -5.65. The number of rotatable bonds is 3. The van der Waals surface area contributed by atoms with E-state index < -0.39 is 15.6 Å². The first kappa shape index (κ1) is 19.9. The Morgan fingerprint density at radius 2 is 1.65 bits per heavy atom. The maximum absolute atomic E-state index is 10.7. The van der Waals surface area contributed by atoms with Crippen LogP contribution in [0.5, 0.6) is 11.5 Å². The van der Waals surface area contributed by atoms with Crippen molar-refractivity contribution in [2.24, 2.45) is 0 Å². The van der Waals surface area contributed by atoms with Crippen molar-refractivity contribution in [1.29, 1.82) is 0 Å². The lowest BCUT2D eigenvalue weighted by atomic mass is 10.3. The topological polar surface area (TPSA) is 75.7 Å². The van der Waals surface area contributed by atoms with Crippen LogP contribution in [0, 0.1) is 0 Å². The van der Waals surface area contributed by atoms with Crippen LogP contribution < -0.4 is 9.47 Å². The minimum Gasteiger partial charge on any atom is -0.741 e. The lowest BCUT2D eigenvalue weighted by molar-refractivity contribution is -0.0517. The fourth-order valence-corrected chi connectivity index (χ4v) is 4.32. The van der Waals surface area contributed by atoms with Crippen LogP contribution in [0.4, 0.5) is 13.2 Å². The molecule has 5 nitrogen and oxygen atoms in total. The molecule has 0 radical (unpaired) electrons. The van der Waals surface area contributed by atoms with Crippen molar-refractivity contribution in [2.75, 3.05) is 25.7 Å². The zero-order chi connectivity index (χ0) is 17.7. The van der Waals surface area contributed by atoms with Crippen molar-refractivity contribution in [3.63, 3.8) is 0 Å². The van der Waals surface area contributed by atoms with E-state index in [1.807, 2.05) is 12.1 Å². The van der Waals surface area contributed by atoms with E-state index in [1.165, 1.54) is 29.2 Å². The Labute approximate surface area is 135 Å². The molecule has 0 unspecified atom stereocenters. The van der Waals surface area contributed by atoms with Crippen molar-refractivity contribution in [2.45, 2.75) is 23.2 Å². The molecule has 0 atom stereocenters. The number of alkyl halides is 3. The highest BCUT2D eigenvalue weighted by atomic mass is 32.2. The summed E-state index contributed by atoms with van der Waals surface area (Å²) in [5, 5.41) is 0. The van der Waals surface area contributed by atoms with E-state index in [9.17, 15) is 13.2 Å². The molecule has 1 heterocycles. The lowest BCUT2D eigenvalue weighted by Crippen LogP contribution is -2.21. The van der Waals surface area contributed by atoms with Gasteiger partial charge < -0.3 is 14.0 Å². The SMILES string of the molecule is COc1ccc([S+]2CCCC2)c(OC)c1.O=S(=O)([O-])C(F)(F)F. The fraction of sp³-hybridized carbons (Fsp3) is 0.538. The summed E-state index contributed by atoms with van der Waals surface area (Å²) in [4.78, 5) is 1.37. The van der Waals surface area contributed by atoms with Gasteiger partial charge >= 0.3 is 5.51 Å². The van der Waals surface area contributed by atoms with Crippen molar-refractivity contribution in [1.82, 2.24) is 0 Å². The molecule has 2 rings (SSSR count). The van der Waals surface area contributed by atoms with Crippen molar-refractivity contribution >= 4 is 21.0 Å². The van der Waals surface area contributed by atoms with Gasteiger partial charge in [0.2, 0.25) is 0 Å². The Bertz CT molecular complexity index is 611. The van der Waals surface area contributed by atoms with E-state index in [1.54, 1.807) is 14.2 Å². The number of ether oxygens (including phenoxy) is 2.